The molecule has 0 saturated carbocycles. The van der Waals surface area contributed by atoms with Gasteiger partial charge in [0.1, 0.15) is 0 Å². The van der Waals surface area contributed by atoms with Crippen LogP contribution in [-0.4, -0.2) is 11.1 Å². The number of carboxylic acid groups (broad SMARTS) is 1. The minimum atomic E-state index is -0.833. The standard InChI is InChI=1S/C18H15P.C10H15.C2H4O2.CH3.Ir/c1-4-10-16(11-5-1)19(17-12-6-2-7-13-17)18-14-8-3-9-15-18;1-6-7(2)9(4)10(5)8(6)3;1-2(3)4;;/h1-15H;1-5H3;1H3,(H,3,4);1H3;/q;;;-1;. The van der Waals surface area contributed by atoms with Gasteiger partial charge >= 0.3 is 0 Å². The van der Waals surface area contributed by atoms with E-state index < -0.39 is 13.9 Å². The van der Waals surface area contributed by atoms with Crippen LogP contribution in [0.3, 0.4) is 0 Å². The van der Waals surface area contributed by atoms with Crippen LogP contribution in [0.5, 0.6) is 0 Å². The zero-order chi connectivity index (χ0) is 24.4. The Hall–Kier alpha value is -2.31. The predicted molar refractivity (Wildman–Crippen MR) is 151 cm³/mol. The fraction of sp³-hybridized carbons (Fsp3) is 0.194. The number of aliphatic carboxylic acids is 1. The van der Waals surface area contributed by atoms with E-state index in [1.807, 2.05) is 0 Å². The predicted octanol–water partition coefficient (Wildman–Crippen LogP) is 7.25. The molecule has 0 atom stereocenters. The summed E-state index contributed by atoms with van der Waals surface area (Å²) in [5, 5.41) is 11.6. The van der Waals surface area contributed by atoms with Gasteiger partial charge in [-0.05, 0) is 62.7 Å². The SMILES string of the molecule is CC(=O)O.C[C]1C(C)=C(C)C(C)=C1C.[CH3-].[Ir].c1ccc(P(c2ccccc2)c2ccccc2)cc1. The van der Waals surface area contributed by atoms with Crippen LogP contribution in [0.2, 0.25) is 0 Å². The van der Waals surface area contributed by atoms with Crippen molar-refractivity contribution in [1.29, 1.82) is 0 Å². The zero-order valence-electron chi connectivity index (χ0n) is 21.8. The summed E-state index contributed by atoms with van der Waals surface area (Å²) in [5.74, 6) is 0.634. The van der Waals surface area contributed by atoms with Crippen molar-refractivity contribution in [2.24, 2.45) is 0 Å². The average molecular weight is 665 g/mol. The van der Waals surface area contributed by atoms with E-state index in [1.54, 1.807) is 0 Å². The summed E-state index contributed by atoms with van der Waals surface area (Å²) >= 11 is 0. The Balaban J connectivity index is 0.000000615. The Kier molecular flexibility index (Phi) is 15.3. The summed E-state index contributed by atoms with van der Waals surface area (Å²) in [4.78, 5) is 9.00. The Morgan fingerprint density at radius 1 is 0.571 bits per heavy atom. The van der Waals surface area contributed by atoms with E-state index in [9.17, 15) is 0 Å². The summed E-state index contributed by atoms with van der Waals surface area (Å²) in [6.45, 7) is 12.1. The molecular formula is C31H37IrO2P-. The maximum atomic E-state index is 9.00. The second-order valence-electron chi connectivity index (χ2n) is 7.99. The van der Waals surface area contributed by atoms with Crippen LogP contribution >= 0.6 is 7.92 Å². The van der Waals surface area contributed by atoms with Gasteiger partial charge in [0.15, 0.2) is 0 Å². The van der Waals surface area contributed by atoms with E-state index in [0.29, 0.717) is 0 Å². The molecule has 1 N–H and O–H groups in total. The smallest absolute Gasteiger partial charge is 0.300 e. The first-order valence-corrected chi connectivity index (χ1v) is 12.4. The van der Waals surface area contributed by atoms with Crippen molar-refractivity contribution >= 4 is 29.8 Å². The summed E-state index contributed by atoms with van der Waals surface area (Å²) in [6.07, 6.45) is 0. The van der Waals surface area contributed by atoms with E-state index >= 15 is 0 Å². The molecule has 4 rings (SSSR count). The van der Waals surface area contributed by atoms with Gasteiger partial charge < -0.3 is 12.5 Å². The molecule has 0 aromatic heterocycles. The number of hydrogen-bond donors (Lipinski definition) is 1. The minimum Gasteiger partial charge on any atom is -0.481 e. The second kappa shape index (κ2) is 16.4. The van der Waals surface area contributed by atoms with Crippen molar-refractivity contribution in [3.05, 3.63) is 127 Å². The van der Waals surface area contributed by atoms with Gasteiger partial charge in [0.25, 0.3) is 5.97 Å². The summed E-state index contributed by atoms with van der Waals surface area (Å²) in [5.41, 5.74) is 5.87. The van der Waals surface area contributed by atoms with Crippen molar-refractivity contribution in [2.75, 3.05) is 0 Å². The number of carbonyl (C=O) groups is 1. The normalized spacial score (nSPS) is 12.5. The van der Waals surface area contributed by atoms with Crippen molar-refractivity contribution in [2.45, 2.75) is 41.5 Å². The van der Waals surface area contributed by atoms with Crippen LogP contribution in [0.4, 0.5) is 0 Å². The van der Waals surface area contributed by atoms with Gasteiger partial charge in [-0.1, -0.05) is 109 Å². The molecule has 2 radical (unpaired) electrons. The topological polar surface area (TPSA) is 37.3 Å². The van der Waals surface area contributed by atoms with Gasteiger partial charge in [-0.15, -0.1) is 0 Å². The van der Waals surface area contributed by atoms with E-state index in [4.69, 9.17) is 9.90 Å². The third-order valence-corrected chi connectivity index (χ3v) is 8.30. The molecule has 0 saturated heterocycles. The Morgan fingerprint density at radius 3 is 0.971 bits per heavy atom. The van der Waals surface area contributed by atoms with Crippen LogP contribution in [-0.2, 0) is 24.9 Å². The largest absolute Gasteiger partial charge is 0.481 e. The molecule has 0 unspecified atom stereocenters. The first-order valence-electron chi connectivity index (χ1n) is 11.1. The Bertz CT molecular complexity index is 969. The van der Waals surface area contributed by atoms with Crippen LogP contribution in [0.15, 0.2) is 113 Å². The molecule has 0 aliphatic heterocycles. The number of rotatable bonds is 3. The van der Waals surface area contributed by atoms with Gasteiger partial charge in [0.2, 0.25) is 0 Å². The van der Waals surface area contributed by atoms with E-state index in [-0.39, 0.29) is 27.5 Å². The summed E-state index contributed by atoms with van der Waals surface area (Å²) in [7, 11) is -0.446. The monoisotopic (exact) mass is 665 g/mol. The first-order chi connectivity index (χ1) is 15.7. The molecule has 0 amide bonds. The molecule has 0 heterocycles. The minimum absolute atomic E-state index is 0. The molecular weight excluding hydrogens is 628 g/mol. The molecule has 3 aromatic carbocycles. The maximum Gasteiger partial charge on any atom is 0.300 e. The fourth-order valence-corrected chi connectivity index (χ4v) is 5.89. The van der Waals surface area contributed by atoms with Gasteiger partial charge in [-0.25, -0.2) is 0 Å². The van der Waals surface area contributed by atoms with Crippen molar-refractivity contribution in [3.63, 3.8) is 0 Å². The molecule has 4 heteroatoms. The van der Waals surface area contributed by atoms with E-state index in [1.165, 1.54) is 44.1 Å². The summed E-state index contributed by atoms with van der Waals surface area (Å²) < 4.78 is 0. The third kappa shape index (κ3) is 9.69. The fourth-order valence-electron chi connectivity index (χ4n) is 3.58. The van der Waals surface area contributed by atoms with E-state index in [2.05, 4.69) is 126 Å². The van der Waals surface area contributed by atoms with Crippen molar-refractivity contribution < 1.29 is 30.0 Å². The molecule has 3 aromatic rings. The van der Waals surface area contributed by atoms with Crippen LogP contribution in [0.25, 0.3) is 0 Å². The Labute approximate surface area is 227 Å². The first kappa shape index (κ1) is 32.7. The molecule has 35 heavy (non-hydrogen) atoms. The summed E-state index contributed by atoms with van der Waals surface area (Å²) in [6, 6.07) is 32.3. The number of benzene rings is 3. The van der Waals surface area contributed by atoms with Crippen LogP contribution in [0.1, 0.15) is 41.5 Å². The molecule has 0 fully saturated rings. The molecule has 0 bridgehead atoms. The van der Waals surface area contributed by atoms with Crippen LogP contribution < -0.4 is 15.9 Å². The van der Waals surface area contributed by atoms with E-state index in [0.717, 1.165) is 6.92 Å². The van der Waals surface area contributed by atoms with Crippen LogP contribution in [0, 0.1) is 13.3 Å². The average Bonchev–Trinajstić information content (AvgIpc) is 2.99. The van der Waals surface area contributed by atoms with Gasteiger partial charge in [0.05, 0.1) is 0 Å². The maximum absolute atomic E-state index is 9.00. The molecule has 188 valence electrons. The second-order valence-corrected chi connectivity index (χ2v) is 10.2. The van der Waals surface area contributed by atoms with Gasteiger partial charge in [-0.3, -0.25) is 4.79 Å². The molecule has 0 spiro atoms. The number of carboxylic acids is 1. The molecule has 1 aliphatic carbocycles. The zero-order valence-corrected chi connectivity index (χ0v) is 25.1. The van der Waals surface area contributed by atoms with Gasteiger partial charge in [-0.2, -0.15) is 0 Å². The number of allylic oxidation sites excluding steroid dienone is 4. The number of hydrogen-bond acceptors (Lipinski definition) is 1. The van der Waals surface area contributed by atoms with Crippen molar-refractivity contribution in [3.8, 4) is 0 Å². The molecule has 2 nitrogen and oxygen atoms in total. The quantitative estimate of drug-likeness (QED) is 0.237. The van der Waals surface area contributed by atoms with Crippen molar-refractivity contribution in [1.82, 2.24) is 0 Å². The Morgan fingerprint density at radius 2 is 0.800 bits per heavy atom. The molecule has 1 aliphatic rings. The van der Waals surface area contributed by atoms with Gasteiger partial charge in [0, 0.05) is 32.9 Å². The third-order valence-electron chi connectivity index (χ3n) is 5.86.